The van der Waals surface area contributed by atoms with E-state index in [-0.39, 0.29) is 5.91 Å². The molecule has 2 rings (SSSR count). The van der Waals surface area contributed by atoms with Gasteiger partial charge in [-0.2, -0.15) is 0 Å². The van der Waals surface area contributed by atoms with Crippen LogP contribution in [0.15, 0.2) is 18.3 Å². The number of alkyl halides is 1. The van der Waals surface area contributed by atoms with Crippen LogP contribution in [0, 0.1) is 6.92 Å². The molecule has 0 saturated carbocycles. The number of carbonyl (C=O) groups excluding carboxylic acids is 1. The van der Waals surface area contributed by atoms with E-state index in [0.717, 1.165) is 43.6 Å². The van der Waals surface area contributed by atoms with Crippen molar-refractivity contribution in [3.63, 3.8) is 0 Å². The van der Waals surface area contributed by atoms with E-state index < -0.39 is 0 Å². The van der Waals surface area contributed by atoms with Crippen molar-refractivity contribution in [3.05, 3.63) is 29.6 Å². The van der Waals surface area contributed by atoms with Gasteiger partial charge in [-0.25, -0.2) is 0 Å². The Morgan fingerprint density at radius 2 is 2.11 bits per heavy atom. The number of aryl methyl sites for hydroxylation is 1. The number of amides is 1. The van der Waals surface area contributed by atoms with E-state index in [0.29, 0.717) is 5.69 Å². The number of aromatic nitrogens is 1. The van der Waals surface area contributed by atoms with Crippen LogP contribution in [0.2, 0.25) is 0 Å². The standard InChI is InChI=1S/C13H18BrN3O/c1-11-3-2-5-15-12(11)13(18)17-9-7-16(6-4-14)8-10-17/h2-3,5H,4,6-10H2,1H3. The average molecular weight is 312 g/mol. The van der Waals surface area contributed by atoms with Crippen LogP contribution in [0.3, 0.4) is 0 Å². The second-order valence-electron chi connectivity index (χ2n) is 4.49. The lowest BCUT2D eigenvalue weighted by molar-refractivity contribution is 0.0638. The van der Waals surface area contributed by atoms with Gasteiger partial charge in [0.05, 0.1) is 0 Å². The lowest BCUT2D eigenvalue weighted by Crippen LogP contribution is -2.49. The minimum atomic E-state index is 0.0617. The Labute approximate surface area is 116 Å². The number of hydrogen-bond acceptors (Lipinski definition) is 3. The highest BCUT2D eigenvalue weighted by molar-refractivity contribution is 9.09. The summed E-state index contributed by atoms with van der Waals surface area (Å²) < 4.78 is 0. The molecular formula is C13H18BrN3O. The van der Waals surface area contributed by atoms with Gasteiger partial charge in [-0.1, -0.05) is 22.0 Å². The Balaban J connectivity index is 1.98. The van der Waals surface area contributed by atoms with Gasteiger partial charge in [0.2, 0.25) is 0 Å². The molecule has 0 aromatic carbocycles. The molecule has 0 radical (unpaired) electrons. The van der Waals surface area contributed by atoms with Crippen LogP contribution in [-0.2, 0) is 0 Å². The van der Waals surface area contributed by atoms with Crippen molar-refractivity contribution in [2.24, 2.45) is 0 Å². The smallest absolute Gasteiger partial charge is 0.272 e. The van der Waals surface area contributed by atoms with Gasteiger partial charge in [0, 0.05) is 44.3 Å². The van der Waals surface area contributed by atoms with Gasteiger partial charge in [-0.3, -0.25) is 14.7 Å². The molecule has 1 aromatic heterocycles. The Kier molecular flexibility index (Phi) is 4.72. The second-order valence-corrected chi connectivity index (χ2v) is 5.28. The van der Waals surface area contributed by atoms with E-state index >= 15 is 0 Å². The summed E-state index contributed by atoms with van der Waals surface area (Å²) in [6.45, 7) is 6.46. The zero-order valence-electron chi connectivity index (χ0n) is 10.6. The number of carbonyl (C=O) groups is 1. The predicted octanol–water partition coefficient (Wildman–Crippen LogP) is 1.54. The van der Waals surface area contributed by atoms with Gasteiger partial charge in [0.25, 0.3) is 5.91 Å². The van der Waals surface area contributed by atoms with Crippen LogP contribution in [0.1, 0.15) is 16.1 Å². The van der Waals surface area contributed by atoms with E-state index in [1.54, 1.807) is 6.20 Å². The third-order valence-electron chi connectivity index (χ3n) is 3.27. The van der Waals surface area contributed by atoms with Crippen molar-refractivity contribution < 1.29 is 4.79 Å². The number of hydrogen-bond donors (Lipinski definition) is 0. The monoisotopic (exact) mass is 311 g/mol. The summed E-state index contributed by atoms with van der Waals surface area (Å²) in [5.41, 5.74) is 1.54. The van der Waals surface area contributed by atoms with Crippen molar-refractivity contribution in [2.75, 3.05) is 38.1 Å². The van der Waals surface area contributed by atoms with Crippen LogP contribution in [0.4, 0.5) is 0 Å². The fourth-order valence-electron chi connectivity index (χ4n) is 2.15. The minimum absolute atomic E-state index is 0.0617. The highest BCUT2D eigenvalue weighted by Gasteiger charge is 2.23. The van der Waals surface area contributed by atoms with E-state index in [1.165, 1.54) is 0 Å². The first-order valence-corrected chi connectivity index (χ1v) is 7.33. The van der Waals surface area contributed by atoms with Crippen LogP contribution in [0.25, 0.3) is 0 Å². The number of rotatable bonds is 3. The topological polar surface area (TPSA) is 36.4 Å². The number of nitrogens with zero attached hydrogens (tertiary/aromatic N) is 3. The third kappa shape index (κ3) is 3.09. The molecule has 1 fully saturated rings. The van der Waals surface area contributed by atoms with Gasteiger partial charge in [0.15, 0.2) is 0 Å². The Morgan fingerprint density at radius 3 is 2.72 bits per heavy atom. The molecule has 1 aromatic rings. The summed E-state index contributed by atoms with van der Waals surface area (Å²) in [5, 5.41) is 0.986. The van der Waals surface area contributed by atoms with E-state index in [4.69, 9.17) is 0 Å². The molecule has 2 heterocycles. The van der Waals surface area contributed by atoms with Crippen LogP contribution < -0.4 is 0 Å². The molecule has 0 N–H and O–H groups in total. The molecule has 0 unspecified atom stereocenters. The maximum atomic E-state index is 12.3. The first kappa shape index (κ1) is 13.5. The maximum Gasteiger partial charge on any atom is 0.272 e. The molecule has 5 heteroatoms. The highest BCUT2D eigenvalue weighted by atomic mass is 79.9. The molecule has 0 bridgehead atoms. The third-order valence-corrected chi connectivity index (χ3v) is 3.63. The van der Waals surface area contributed by atoms with Crippen molar-refractivity contribution in [1.29, 1.82) is 0 Å². The fraction of sp³-hybridized carbons (Fsp3) is 0.538. The molecule has 0 spiro atoms. The summed E-state index contributed by atoms with van der Waals surface area (Å²) >= 11 is 3.44. The summed E-state index contributed by atoms with van der Waals surface area (Å²) in [6, 6.07) is 3.79. The predicted molar refractivity (Wildman–Crippen MR) is 75.1 cm³/mol. The summed E-state index contributed by atoms with van der Waals surface area (Å²) in [5.74, 6) is 0.0617. The maximum absolute atomic E-state index is 12.3. The van der Waals surface area contributed by atoms with Crippen molar-refractivity contribution in [3.8, 4) is 0 Å². The van der Waals surface area contributed by atoms with Crippen molar-refractivity contribution in [1.82, 2.24) is 14.8 Å². The van der Waals surface area contributed by atoms with E-state index in [2.05, 4.69) is 25.8 Å². The van der Waals surface area contributed by atoms with Gasteiger partial charge in [-0.05, 0) is 18.6 Å². The molecular weight excluding hydrogens is 294 g/mol. The second kappa shape index (κ2) is 6.29. The van der Waals surface area contributed by atoms with Gasteiger partial charge in [0.1, 0.15) is 5.69 Å². The van der Waals surface area contributed by atoms with Crippen molar-refractivity contribution in [2.45, 2.75) is 6.92 Å². The molecule has 1 amide bonds. The normalized spacial score (nSPS) is 16.9. The molecule has 0 aliphatic carbocycles. The molecule has 4 nitrogen and oxygen atoms in total. The molecule has 98 valence electrons. The lowest BCUT2D eigenvalue weighted by Gasteiger charge is -2.34. The minimum Gasteiger partial charge on any atom is -0.335 e. The largest absolute Gasteiger partial charge is 0.335 e. The van der Waals surface area contributed by atoms with Crippen LogP contribution >= 0.6 is 15.9 Å². The molecule has 0 atom stereocenters. The Morgan fingerprint density at radius 1 is 1.39 bits per heavy atom. The molecule has 1 aliphatic rings. The molecule has 1 saturated heterocycles. The first-order chi connectivity index (χ1) is 8.72. The number of halogens is 1. The van der Waals surface area contributed by atoms with E-state index in [1.807, 2.05) is 24.0 Å². The van der Waals surface area contributed by atoms with Crippen LogP contribution in [0.5, 0.6) is 0 Å². The quantitative estimate of drug-likeness (QED) is 0.795. The summed E-state index contributed by atoms with van der Waals surface area (Å²) in [4.78, 5) is 20.8. The Bertz CT molecular complexity index is 416. The number of pyridine rings is 1. The summed E-state index contributed by atoms with van der Waals surface area (Å²) in [7, 11) is 0. The molecule has 1 aliphatic heterocycles. The fourth-order valence-corrected chi connectivity index (χ4v) is 2.65. The zero-order chi connectivity index (χ0) is 13.0. The Hall–Kier alpha value is -0.940. The van der Waals surface area contributed by atoms with E-state index in [9.17, 15) is 4.79 Å². The van der Waals surface area contributed by atoms with Gasteiger partial charge in [-0.15, -0.1) is 0 Å². The molecule has 18 heavy (non-hydrogen) atoms. The highest BCUT2D eigenvalue weighted by Crippen LogP contribution is 2.10. The van der Waals surface area contributed by atoms with Gasteiger partial charge >= 0.3 is 0 Å². The van der Waals surface area contributed by atoms with Crippen LogP contribution in [-0.4, -0.2) is 58.7 Å². The first-order valence-electron chi connectivity index (χ1n) is 6.21. The average Bonchev–Trinajstić information content (AvgIpc) is 2.40. The van der Waals surface area contributed by atoms with Gasteiger partial charge < -0.3 is 4.90 Å². The van der Waals surface area contributed by atoms with Crippen molar-refractivity contribution >= 4 is 21.8 Å². The summed E-state index contributed by atoms with van der Waals surface area (Å²) in [6.07, 6.45) is 1.68. The zero-order valence-corrected chi connectivity index (χ0v) is 12.2. The number of piperazine rings is 1. The lowest BCUT2D eigenvalue weighted by atomic mass is 10.2. The SMILES string of the molecule is Cc1cccnc1C(=O)N1CCN(CCBr)CC1.